The molecule has 1 aliphatic carbocycles. The van der Waals surface area contributed by atoms with Gasteiger partial charge in [0.1, 0.15) is 0 Å². The molecule has 2 aromatic rings. The molecule has 0 unspecified atom stereocenters. The van der Waals surface area contributed by atoms with E-state index in [4.69, 9.17) is 0 Å². The smallest absolute Gasteiger partial charge is 0.0930 e. The maximum Gasteiger partial charge on any atom is 0.0930 e. The number of likely N-dealkylation sites (tertiary alicyclic amines) is 1. The van der Waals surface area contributed by atoms with E-state index in [9.17, 15) is 0 Å². The lowest BCUT2D eigenvalue weighted by atomic mass is 9.90. The van der Waals surface area contributed by atoms with Crippen LogP contribution in [0.5, 0.6) is 0 Å². The third kappa shape index (κ3) is 5.80. The van der Waals surface area contributed by atoms with E-state index in [2.05, 4.69) is 75.8 Å². The number of nitrogens with zero attached hydrogens (tertiary/aromatic N) is 3. The number of hydrogen-bond donors (Lipinski definition) is 2. The summed E-state index contributed by atoms with van der Waals surface area (Å²) in [4.78, 5) is 8.68. The molecule has 0 spiro atoms. The molecular formula is C27H39N5S. The van der Waals surface area contributed by atoms with Gasteiger partial charge >= 0.3 is 0 Å². The highest BCUT2D eigenvalue weighted by Crippen LogP contribution is 2.35. The number of benzene rings is 1. The van der Waals surface area contributed by atoms with Gasteiger partial charge in [-0.15, -0.1) is 11.3 Å². The van der Waals surface area contributed by atoms with Crippen LogP contribution in [0.4, 0.5) is 10.7 Å². The second-order valence-corrected chi connectivity index (χ2v) is 11.1. The van der Waals surface area contributed by atoms with Gasteiger partial charge in [-0.3, -0.25) is 0 Å². The van der Waals surface area contributed by atoms with Crippen LogP contribution in [-0.4, -0.2) is 75.8 Å². The number of likely N-dealkylation sites (N-methyl/N-ethyl adjacent to an activating group) is 1. The summed E-state index contributed by atoms with van der Waals surface area (Å²) in [5.74, 6) is 0. The first-order chi connectivity index (χ1) is 16.1. The fourth-order valence-electron chi connectivity index (χ4n) is 4.98. The molecule has 1 aromatic heterocycles. The Morgan fingerprint density at radius 3 is 2.24 bits per heavy atom. The van der Waals surface area contributed by atoms with Crippen LogP contribution in [0, 0.1) is 0 Å². The van der Waals surface area contributed by atoms with Gasteiger partial charge in [-0.05, 0) is 94.7 Å². The number of allylic oxidation sites excluding steroid dienone is 1. The molecule has 33 heavy (non-hydrogen) atoms. The van der Waals surface area contributed by atoms with Crippen molar-refractivity contribution in [1.82, 2.24) is 15.1 Å². The predicted molar refractivity (Wildman–Crippen MR) is 142 cm³/mol. The molecule has 6 heteroatoms. The Hall–Kier alpha value is -1.86. The topological polar surface area (TPSA) is 33.8 Å². The molecule has 5 nitrogen and oxygen atoms in total. The number of piperazine rings is 1. The van der Waals surface area contributed by atoms with Crippen molar-refractivity contribution >= 4 is 22.0 Å². The van der Waals surface area contributed by atoms with Crippen molar-refractivity contribution in [2.45, 2.75) is 38.1 Å². The number of hydrogen-bond acceptors (Lipinski definition) is 6. The van der Waals surface area contributed by atoms with Crippen molar-refractivity contribution in [1.29, 1.82) is 0 Å². The van der Waals surface area contributed by atoms with Crippen molar-refractivity contribution in [3.05, 3.63) is 47.7 Å². The molecule has 5 rings (SSSR count). The highest BCUT2D eigenvalue weighted by atomic mass is 32.1. The summed E-state index contributed by atoms with van der Waals surface area (Å²) in [6.07, 6.45) is 6.36. The van der Waals surface area contributed by atoms with Gasteiger partial charge in [-0.2, -0.15) is 0 Å². The van der Waals surface area contributed by atoms with E-state index in [-0.39, 0.29) is 0 Å². The van der Waals surface area contributed by atoms with Crippen molar-refractivity contribution in [3.63, 3.8) is 0 Å². The average Bonchev–Trinajstić information content (AvgIpc) is 3.26. The zero-order chi connectivity index (χ0) is 22.6. The van der Waals surface area contributed by atoms with Crippen molar-refractivity contribution in [2.24, 2.45) is 0 Å². The highest BCUT2D eigenvalue weighted by Gasteiger charge is 2.20. The van der Waals surface area contributed by atoms with Gasteiger partial charge in [0.15, 0.2) is 0 Å². The average molecular weight is 466 g/mol. The first-order valence-electron chi connectivity index (χ1n) is 12.7. The van der Waals surface area contributed by atoms with Crippen LogP contribution >= 0.6 is 11.3 Å². The van der Waals surface area contributed by atoms with Gasteiger partial charge in [-0.1, -0.05) is 12.1 Å². The van der Waals surface area contributed by atoms with Gasteiger partial charge in [0, 0.05) is 55.0 Å². The number of rotatable bonds is 7. The SMILES string of the molecule is CN1CCC(NCC(Nc2ccc(-c3ccc(N4CCN(C)CC4)cc3)s2)=C2CCC2)CC1. The van der Waals surface area contributed by atoms with Crippen molar-refractivity contribution in [2.75, 3.05) is 70.1 Å². The van der Waals surface area contributed by atoms with Gasteiger partial charge in [-0.25, -0.2) is 0 Å². The maximum atomic E-state index is 3.84. The molecule has 2 N–H and O–H groups in total. The molecule has 2 aliphatic heterocycles. The van der Waals surface area contributed by atoms with E-state index >= 15 is 0 Å². The monoisotopic (exact) mass is 465 g/mol. The number of thiophene rings is 1. The molecule has 178 valence electrons. The molecule has 1 saturated carbocycles. The molecule has 0 amide bonds. The Labute approximate surface area is 203 Å². The molecular weight excluding hydrogens is 426 g/mol. The number of nitrogens with one attached hydrogen (secondary N) is 2. The van der Waals surface area contributed by atoms with Crippen molar-refractivity contribution < 1.29 is 0 Å². The number of anilines is 2. The second-order valence-electron chi connectivity index (χ2n) is 10.0. The lowest BCUT2D eigenvalue weighted by Crippen LogP contribution is -2.44. The zero-order valence-electron chi connectivity index (χ0n) is 20.3. The molecule has 1 aromatic carbocycles. The Balaban J connectivity index is 1.20. The van der Waals surface area contributed by atoms with Crippen LogP contribution in [0.2, 0.25) is 0 Å². The summed E-state index contributed by atoms with van der Waals surface area (Å²) >= 11 is 1.87. The minimum Gasteiger partial charge on any atom is -0.369 e. The Morgan fingerprint density at radius 2 is 1.58 bits per heavy atom. The molecule has 0 atom stereocenters. The summed E-state index contributed by atoms with van der Waals surface area (Å²) < 4.78 is 0. The summed E-state index contributed by atoms with van der Waals surface area (Å²) in [5, 5.41) is 8.90. The molecule has 0 radical (unpaired) electrons. The summed E-state index contributed by atoms with van der Waals surface area (Å²) in [6, 6.07) is 14.3. The minimum atomic E-state index is 0.649. The van der Waals surface area contributed by atoms with Crippen molar-refractivity contribution in [3.8, 4) is 10.4 Å². The van der Waals surface area contributed by atoms with Crippen LogP contribution in [0.3, 0.4) is 0 Å². The first-order valence-corrected chi connectivity index (χ1v) is 13.5. The van der Waals surface area contributed by atoms with Gasteiger partial charge in [0.05, 0.1) is 5.00 Å². The van der Waals surface area contributed by atoms with E-state index in [1.54, 1.807) is 5.57 Å². The summed E-state index contributed by atoms with van der Waals surface area (Å²) in [6.45, 7) is 7.91. The molecule has 0 bridgehead atoms. The Kier molecular flexibility index (Phi) is 7.36. The summed E-state index contributed by atoms with van der Waals surface area (Å²) in [7, 11) is 4.44. The fourth-order valence-corrected chi connectivity index (χ4v) is 5.92. The first kappa shape index (κ1) is 22.9. The van der Waals surface area contributed by atoms with Gasteiger partial charge < -0.3 is 25.3 Å². The van der Waals surface area contributed by atoms with Crippen LogP contribution in [0.1, 0.15) is 32.1 Å². The molecule has 2 saturated heterocycles. The van der Waals surface area contributed by atoms with Crippen LogP contribution < -0.4 is 15.5 Å². The largest absolute Gasteiger partial charge is 0.369 e. The van der Waals surface area contributed by atoms with E-state index < -0.39 is 0 Å². The standard InChI is InChI=1S/C27H39N5S/c1-30-14-12-23(13-15-30)28-20-25(21-4-3-5-21)29-27-11-10-26(33-27)22-6-8-24(9-7-22)32-18-16-31(2)17-19-32/h6-11,23,28-29H,3-5,12-20H2,1-2H3. The van der Waals surface area contributed by atoms with Gasteiger partial charge in [0.25, 0.3) is 0 Å². The highest BCUT2D eigenvalue weighted by molar-refractivity contribution is 7.19. The fraction of sp³-hybridized carbons (Fsp3) is 0.556. The van der Waals surface area contributed by atoms with Crippen LogP contribution in [0.25, 0.3) is 10.4 Å². The van der Waals surface area contributed by atoms with E-state index in [1.165, 1.54) is 72.0 Å². The second kappa shape index (κ2) is 10.6. The minimum absolute atomic E-state index is 0.649. The predicted octanol–water partition coefficient (Wildman–Crippen LogP) is 4.70. The molecule has 3 fully saturated rings. The lowest BCUT2D eigenvalue weighted by molar-refractivity contribution is 0.237. The maximum absolute atomic E-state index is 3.84. The Morgan fingerprint density at radius 1 is 0.879 bits per heavy atom. The van der Waals surface area contributed by atoms with Crippen LogP contribution in [0.15, 0.2) is 47.7 Å². The normalized spacial score (nSPS) is 20.7. The lowest BCUT2D eigenvalue weighted by Gasteiger charge is -2.34. The van der Waals surface area contributed by atoms with E-state index in [0.717, 1.165) is 32.7 Å². The zero-order valence-corrected chi connectivity index (χ0v) is 21.1. The van der Waals surface area contributed by atoms with Crippen LogP contribution in [-0.2, 0) is 0 Å². The number of piperidine rings is 1. The third-order valence-corrected chi connectivity index (χ3v) is 8.62. The van der Waals surface area contributed by atoms with E-state index in [0.29, 0.717) is 6.04 Å². The molecule has 3 heterocycles. The quantitative estimate of drug-likeness (QED) is 0.620. The van der Waals surface area contributed by atoms with E-state index in [1.807, 2.05) is 11.3 Å². The summed E-state index contributed by atoms with van der Waals surface area (Å²) in [5.41, 5.74) is 5.69. The third-order valence-electron chi connectivity index (χ3n) is 7.57. The molecule has 3 aliphatic rings. The van der Waals surface area contributed by atoms with Gasteiger partial charge in [0.2, 0.25) is 0 Å². The Bertz CT molecular complexity index is 928.